The molecule has 2 atom stereocenters. The van der Waals surface area contributed by atoms with Gasteiger partial charge in [0.2, 0.25) is 11.4 Å². The first kappa shape index (κ1) is 16.1. The lowest BCUT2D eigenvalue weighted by molar-refractivity contribution is -0.174. The fourth-order valence-corrected chi connectivity index (χ4v) is 3.25. The van der Waals surface area contributed by atoms with Gasteiger partial charge in [-0.2, -0.15) is 8.42 Å². The minimum Gasteiger partial charge on any atom is -0.342 e. The number of nitrogens with two attached hydrogens (primary N) is 2. The van der Waals surface area contributed by atoms with Crippen molar-refractivity contribution in [3.8, 4) is 0 Å². The standard InChI is InChI=1S/C10H18N4O6S/c1-7(2)9(11,5(15)13-7)19-21(17,18)20-10(12)6(16)14-8(10,3)4/h11-12H2,1-4H3,(H,13,15)(H,14,16)/t9-,10-/m1/s1. The third kappa shape index (κ3) is 2.04. The van der Waals surface area contributed by atoms with Gasteiger partial charge in [0.25, 0.3) is 11.8 Å². The van der Waals surface area contributed by atoms with E-state index in [9.17, 15) is 18.0 Å². The molecular formula is C10H18N4O6S. The predicted octanol–water partition coefficient (Wildman–Crippen LogP) is -2.61. The van der Waals surface area contributed by atoms with E-state index in [0.717, 1.165) is 0 Å². The van der Waals surface area contributed by atoms with Gasteiger partial charge in [-0.1, -0.05) is 0 Å². The highest BCUT2D eigenvalue weighted by atomic mass is 32.3. The minimum absolute atomic E-state index is 0.817. The van der Waals surface area contributed by atoms with Crippen molar-refractivity contribution in [1.82, 2.24) is 10.6 Å². The van der Waals surface area contributed by atoms with Crippen molar-refractivity contribution >= 4 is 22.2 Å². The van der Waals surface area contributed by atoms with Crippen LogP contribution < -0.4 is 22.1 Å². The van der Waals surface area contributed by atoms with E-state index in [2.05, 4.69) is 19.0 Å². The lowest BCUT2D eigenvalue weighted by atomic mass is 9.82. The van der Waals surface area contributed by atoms with E-state index in [0.29, 0.717) is 0 Å². The van der Waals surface area contributed by atoms with Crippen LogP contribution in [0, 0.1) is 0 Å². The first-order chi connectivity index (χ1) is 9.17. The summed E-state index contributed by atoms with van der Waals surface area (Å²) in [5.41, 5.74) is 4.80. The third-order valence-electron chi connectivity index (χ3n) is 3.85. The van der Waals surface area contributed by atoms with Crippen LogP contribution in [-0.2, 0) is 28.4 Å². The highest BCUT2D eigenvalue weighted by molar-refractivity contribution is 7.82. The van der Waals surface area contributed by atoms with Crippen LogP contribution in [0.4, 0.5) is 0 Å². The SMILES string of the molecule is CC1(C)NC(=O)[C@@]1(N)OS(=O)(=O)O[C@]1(N)C(=O)NC1(C)C. The molecule has 0 aromatic heterocycles. The Morgan fingerprint density at radius 1 is 0.857 bits per heavy atom. The van der Waals surface area contributed by atoms with Crippen molar-refractivity contribution in [3.63, 3.8) is 0 Å². The van der Waals surface area contributed by atoms with Gasteiger partial charge in [-0.25, -0.2) is 8.37 Å². The largest absolute Gasteiger partial charge is 0.404 e. The van der Waals surface area contributed by atoms with Crippen LogP contribution in [0.3, 0.4) is 0 Å². The molecule has 21 heavy (non-hydrogen) atoms. The fraction of sp³-hybridized carbons (Fsp3) is 0.800. The van der Waals surface area contributed by atoms with Gasteiger partial charge in [0, 0.05) is 0 Å². The number of amides is 2. The number of hydrogen-bond donors (Lipinski definition) is 4. The second kappa shape index (κ2) is 3.93. The van der Waals surface area contributed by atoms with Gasteiger partial charge in [0.15, 0.2) is 0 Å². The summed E-state index contributed by atoms with van der Waals surface area (Å²) in [5, 5.41) is 4.78. The van der Waals surface area contributed by atoms with Gasteiger partial charge < -0.3 is 10.6 Å². The predicted molar refractivity (Wildman–Crippen MR) is 69.4 cm³/mol. The normalized spacial score (nSPS) is 37.0. The molecule has 0 spiro atoms. The molecule has 0 radical (unpaired) electrons. The number of nitrogens with one attached hydrogen (secondary N) is 2. The molecule has 0 aliphatic carbocycles. The van der Waals surface area contributed by atoms with Crippen LogP contribution in [0.5, 0.6) is 0 Å². The van der Waals surface area contributed by atoms with E-state index in [4.69, 9.17) is 11.5 Å². The number of carbonyl (C=O) groups is 2. The Balaban J connectivity index is 2.22. The summed E-state index contributed by atoms with van der Waals surface area (Å²) in [6.45, 7) is 5.90. The molecule has 10 nitrogen and oxygen atoms in total. The van der Waals surface area contributed by atoms with Crippen LogP contribution in [0.25, 0.3) is 0 Å². The molecule has 2 rings (SSSR count). The van der Waals surface area contributed by atoms with E-state index < -0.39 is 44.7 Å². The number of β-lactam (4-membered cyclic amide) rings is 2. The maximum absolute atomic E-state index is 11.9. The van der Waals surface area contributed by atoms with Crippen LogP contribution in [0.1, 0.15) is 27.7 Å². The van der Waals surface area contributed by atoms with Crippen LogP contribution >= 0.6 is 0 Å². The molecule has 2 fully saturated rings. The molecule has 0 aromatic carbocycles. The molecule has 2 aliphatic heterocycles. The summed E-state index contributed by atoms with van der Waals surface area (Å²) in [6, 6.07) is 0. The first-order valence-electron chi connectivity index (χ1n) is 6.06. The van der Waals surface area contributed by atoms with Gasteiger partial charge >= 0.3 is 10.4 Å². The van der Waals surface area contributed by atoms with Gasteiger partial charge in [0.05, 0.1) is 11.1 Å². The van der Waals surface area contributed by atoms with Gasteiger partial charge in [0.1, 0.15) is 0 Å². The molecule has 2 heterocycles. The van der Waals surface area contributed by atoms with Crippen molar-refractivity contribution in [2.45, 2.75) is 50.2 Å². The topological polar surface area (TPSA) is 163 Å². The smallest absolute Gasteiger partial charge is 0.342 e. The Kier molecular flexibility index (Phi) is 3.01. The lowest BCUT2D eigenvalue weighted by Gasteiger charge is -2.52. The zero-order valence-corrected chi connectivity index (χ0v) is 12.8. The summed E-state index contributed by atoms with van der Waals surface area (Å²) in [7, 11) is -4.80. The molecular weight excluding hydrogens is 304 g/mol. The van der Waals surface area contributed by atoms with Crippen molar-refractivity contribution in [2.24, 2.45) is 11.5 Å². The molecule has 2 saturated heterocycles. The van der Waals surface area contributed by atoms with E-state index >= 15 is 0 Å². The first-order valence-corrected chi connectivity index (χ1v) is 7.39. The summed E-state index contributed by atoms with van der Waals surface area (Å²) in [6.07, 6.45) is 0. The number of rotatable bonds is 4. The molecule has 11 heteroatoms. The lowest BCUT2D eigenvalue weighted by Crippen LogP contribution is -2.86. The van der Waals surface area contributed by atoms with Crippen molar-refractivity contribution < 1.29 is 26.4 Å². The molecule has 2 amide bonds. The number of hydrogen-bond acceptors (Lipinski definition) is 8. The van der Waals surface area contributed by atoms with Crippen molar-refractivity contribution in [2.75, 3.05) is 0 Å². The second-order valence-corrected chi connectivity index (χ2v) is 7.35. The van der Waals surface area contributed by atoms with E-state index in [1.165, 1.54) is 27.7 Å². The van der Waals surface area contributed by atoms with E-state index in [-0.39, 0.29) is 0 Å². The minimum atomic E-state index is -4.80. The average molecular weight is 322 g/mol. The zero-order valence-electron chi connectivity index (χ0n) is 12.0. The zero-order chi connectivity index (χ0) is 16.5. The summed E-state index contributed by atoms with van der Waals surface area (Å²) in [4.78, 5) is 23.0. The average Bonchev–Trinajstić information content (AvgIpc) is 2.26. The van der Waals surface area contributed by atoms with Crippen LogP contribution in [-0.4, -0.2) is 42.8 Å². The highest BCUT2D eigenvalue weighted by Gasteiger charge is 2.66. The molecule has 6 N–H and O–H groups in total. The second-order valence-electron chi connectivity index (χ2n) is 6.20. The number of carbonyl (C=O) groups excluding carboxylic acids is 2. The van der Waals surface area contributed by atoms with Gasteiger partial charge in [-0.15, -0.1) is 0 Å². The Labute approximate surface area is 121 Å². The monoisotopic (exact) mass is 322 g/mol. The van der Waals surface area contributed by atoms with Gasteiger partial charge in [-0.05, 0) is 27.7 Å². The van der Waals surface area contributed by atoms with Gasteiger partial charge in [-0.3, -0.25) is 21.1 Å². The maximum atomic E-state index is 11.9. The summed E-state index contributed by atoms with van der Waals surface area (Å²) < 4.78 is 33.2. The highest BCUT2D eigenvalue weighted by Crippen LogP contribution is 2.36. The third-order valence-corrected chi connectivity index (χ3v) is 4.78. The van der Waals surface area contributed by atoms with Crippen LogP contribution in [0.2, 0.25) is 0 Å². The van der Waals surface area contributed by atoms with Crippen LogP contribution in [0.15, 0.2) is 0 Å². The Bertz CT molecular complexity index is 581. The molecule has 0 aromatic rings. The maximum Gasteiger partial charge on any atom is 0.404 e. The molecule has 120 valence electrons. The molecule has 0 saturated carbocycles. The Morgan fingerprint density at radius 2 is 1.14 bits per heavy atom. The molecule has 2 aliphatic rings. The summed E-state index contributed by atoms with van der Waals surface area (Å²) in [5.74, 6) is -1.63. The quantitative estimate of drug-likeness (QED) is 0.323. The Morgan fingerprint density at radius 3 is 1.33 bits per heavy atom. The Hall–Kier alpha value is -1.27. The van der Waals surface area contributed by atoms with E-state index in [1.807, 2.05) is 0 Å². The van der Waals surface area contributed by atoms with Crippen molar-refractivity contribution in [3.05, 3.63) is 0 Å². The fourth-order valence-electron chi connectivity index (χ4n) is 2.00. The van der Waals surface area contributed by atoms with E-state index in [1.54, 1.807) is 0 Å². The molecule has 0 unspecified atom stereocenters. The van der Waals surface area contributed by atoms with Crippen molar-refractivity contribution in [1.29, 1.82) is 0 Å². The summed E-state index contributed by atoms with van der Waals surface area (Å²) >= 11 is 0. The molecule has 0 bridgehead atoms.